The molecule has 5 nitrogen and oxygen atoms in total. The van der Waals surface area contributed by atoms with E-state index in [0.717, 1.165) is 24.9 Å². The van der Waals surface area contributed by atoms with Crippen molar-refractivity contribution in [1.82, 2.24) is 4.90 Å². The Morgan fingerprint density at radius 3 is 2.58 bits per heavy atom. The second-order valence-corrected chi connectivity index (χ2v) is 8.32. The van der Waals surface area contributed by atoms with Crippen molar-refractivity contribution >= 4 is 15.8 Å². The number of benzene rings is 2. The van der Waals surface area contributed by atoms with Crippen LogP contribution in [0.1, 0.15) is 31.2 Å². The van der Waals surface area contributed by atoms with Gasteiger partial charge in [0.1, 0.15) is 0 Å². The molecule has 1 saturated heterocycles. The van der Waals surface area contributed by atoms with Crippen LogP contribution >= 0.6 is 0 Å². The molecule has 1 aliphatic heterocycles. The number of aryl methyl sites for hydroxylation is 1. The monoisotopic (exact) mass is 374 g/mol. The number of rotatable bonds is 7. The number of piperidine rings is 1. The van der Waals surface area contributed by atoms with Crippen molar-refractivity contribution in [3.63, 3.8) is 0 Å². The van der Waals surface area contributed by atoms with Crippen LogP contribution in [0.5, 0.6) is 0 Å². The van der Waals surface area contributed by atoms with E-state index in [4.69, 9.17) is 4.28 Å². The second-order valence-electron chi connectivity index (χ2n) is 6.78. The van der Waals surface area contributed by atoms with Crippen LogP contribution in [0.3, 0.4) is 0 Å². The van der Waals surface area contributed by atoms with E-state index in [1.165, 1.54) is 31.4 Å². The van der Waals surface area contributed by atoms with Crippen LogP contribution in [0.25, 0.3) is 0 Å². The largest absolute Gasteiger partial charge is 0.317 e. The highest BCUT2D eigenvalue weighted by molar-refractivity contribution is 7.86. The molecule has 2 aromatic rings. The second kappa shape index (κ2) is 8.66. The predicted octanol–water partition coefficient (Wildman–Crippen LogP) is 3.84. The van der Waals surface area contributed by atoms with Gasteiger partial charge in [-0.2, -0.15) is 8.42 Å². The highest BCUT2D eigenvalue weighted by atomic mass is 32.2. The van der Waals surface area contributed by atoms with Crippen molar-refractivity contribution in [2.45, 2.75) is 43.0 Å². The first-order valence-electron chi connectivity index (χ1n) is 9.09. The van der Waals surface area contributed by atoms with E-state index in [2.05, 4.69) is 17.4 Å². The van der Waals surface area contributed by atoms with Crippen LogP contribution in [0.4, 0.5) is 5.69 Å². The third kappa shape index (κ3) is 4.84. The zero-order valence-corrected chi connectivity index (χ0v) is 15.9. The van der Waals surface area contributed by atoms with Crippen molar-refractivity contribution in [2.75, 3.05) is 19.1 Å². The van der Waals surface area contributed by atoms with Gasteiger partial charge in [0.15, 0.2) is 0 Å². The van der Waals surface area contributed by atoms with Gasteiger partial charge in [0, 0.05) is 6.04 Å². The molecule has 0 aliphatic carbocycles. The Balaban J connectivity index is 1.64. The smallest absolute Gasteiger partial charge is 0.303 e. The van der Waals surface area contributed by atoms with Gasteiger partial charge in [-0.25, -0.2) is 5.48 Å². The van der Waals surface area contributed by atoms with Gasteiger partial charge in [0.2, 0.25) is 0 Å². The molecular weight excluding hydrogens is 348 g/mol. The molecule has 0 aromatic heterocycles. The molecule has 0 amide bonds. The summed E-state index contributed by atoms with van der Waals surface area (Å²) in [6, 6.07) is 16.4. The lowest BCUT2D eigenvalue weighted by atomic mass is 9.96. The Morgan fingerprint density at radius 1 is 1.08 bits per heavy atom. The summed E-state index contributed by atoms with van der Waals surface area (Å²) in [6.45, 7) is 1.16. The zero-order chi connectivity index (χ0) is 18.4. The third-order valence-corrected chi connectivity index (χ3v) is 6.13. The van der Waals surface area contributed by atoms with E-state index < -0.39 is 10.1 Å². The maximum Gasteiger partial charge on any atom is 0.317 e. The predicted molar refractivity (Wildman–Crippen MR) is 103 cm³/mol. The van der Waals surface area contributed by atoms with E-state index in [-0.39, 0.29) is 4.90 Å². The SMILES string of the molecule is CN1CCCCC1CCc1ccccc1NOS(=O)(=O)c1ccccc1. The molecule has 2 aromatic carbocycles. The number of para-hydroxylation sites is 1. The lowest BCUT2D eigenvalue weighted by Gasteiger charge is -2.32. The number of likely N-dealkylation sites (tertiary alicyclic amines) is 1. The van der Waals surface area contributed by atoms with E-state index in [1.807, 2.05) is 24.3 Å². The van der Waals surface area contributed by atoms with Crippen LogP contribution in [-0.4, -0.2) is 33.0 Å². The van der Waals surface area contributed by atoms with Crippen LogP contribution in [-0.2, 0) is 20.8 Å². The van der Waals surface area contributed by atoms with Gasteiger partial charge < -0.3 is 4.90 Å². The van der Waals surface area contributed by atoms with Crippen LogP contribution in [0, 0.1) is 0 Å². The van der Waals surface area contributed by atoms with Crippen molar-refractivity contribution in [3.8, 4) is 0 Å². The molecule has 1 atom stereocenters. The third-order valence-electron chi connectivity index (χ3n) is 4.98. The van der Waals surface area contributed by atoms with Crippen molar-refractivity contribution in [2.24, 2.45) is 0 Å². The molecule has 0 radical (unpaired) electrons. The van der Waals surface area contributed by atoms with Gasteiger partial charge in [-0.3, -0.25) is 0 Å². The molecule has 6 heteroatoms. The van der Waals surface area contributed by atoms with Crippen LogP contribution in [0.15, 0.2) is 59.5 Å². The molecule has 0 saturated carbocycles. The summed E-state index contributed by atoms with van der Waals surface area (Å²) >= 11 is 0. The first-order valence-corrected chi connectivity index (χ1v) is 10.5. The highest BCUT2D eigenvalue weighted by Gasteiger charge is 2.19. The molecule has 1 unspecified atom stereocenters. The van der Waals surface area contributed by atoms with E-state index in [0.29, 0.717) is 11.7 Å². The van der Waals surface area contributed by atoms with E-state index in [1.54, 1.807) is 18.2 Å². The summed E-state index contributed by atoms with van der Waals surface area (Å²) < 4.78 is 29.6. The van der Waals surface area contributed by atoms with Crippen molar-refractivity contribution in [1.29, 1.82) is 0 Å². The fourth-order valence-corrected chi connectivity index (χ4v) is 4.19. The minimum atomic E-state index is -3.84. The Morgan fingerprint density at radius 2 is 1.81 bits per heavy atom. The number of hydrogen-bond acceptors (Lipinski definition) is 5. The Kier molecular flexibility index (Phi) is 6.29. The molecule has 1 N–H and O–H groups in total. The molecule has 1 heterocycles. The van der Waals surface area contributed by atoms with Crippen molar-refractivity contribution in [3.05, 3.63) is 60.2 Å². The first-order chi connectivity index (χ1) is 12.6. The Hall–Kier alpha value is -1.89. The average Bonchev–Trinajstić information content (AvgIpc) is 2.67. The van der Waals surface area contributed by atoms with Gasteiger partial charge >= 0.3 is 10.1 Å². The summed E-state index contributed by atoms with van der Waals surface area (Å²) in [5.74, 6) is 0. The fraction of sp³-hybridized carbons (Fsp3) is 0.400. The van der Waals surface area contributed by atoms with Crippen LogP contribution < -0.4 is 5.48 Å². The summed E-state index contributed by atoms with van der Waals surface area (Å²) in [5, 5.41) is 0. The highest BCUT2D eigenvalue weighted by Crippen LogP contribution is 2.23. The molecule has 1 aliphatic rings. The van der Waals surface area contributed by atoms with Gasteiger partial charge in [0.25, 0.3) is 0 Å². The van der Waals surface area contributed by atoms with Crippen molar-refractivity contribution < 1.29 is 12.7 Å². The average molecular weight is 375 g/mol. The molecule has 26 heavy (non-hydrogen) atoms. The normalized spacial score (nSPS) is 18.6. The van der Waals surface area contributed by atoms with Gasteiger partial charge in [-0.15, -0.1) is 4.28 Å². The number of nitrogens with zero attached hydrogens (tertiary/aromatic N) is 1. The summed E-state index contributed by atoms with van der Waals surface area (Å²) in [4.78, 5) is 2.56. The van der Waals surface area contributed by atoms with Crippen LogP contribution in [0.2, 0.25) is 0 Å². The van der Waals surface area contributed by atoms with Gasteiger partial charge in [-0.05, 0) is 63.0 Å². The number of hydrogen-bond donors (Lipinski definition) is 1. The number of nitrogens with one attached hydrogen (secondary N) is 1. The topological polar surface area (TPSA) is 58.6 Å². The molecule has 1 fully saturated rings. The molecular formula is C20H26N2O3S. The summed E-state index contributed by atoms with van der Waals surface area (Å²) in [7, 11) is -1.65. The Labute approximate surface area is 156 Å². The number of anilines is 1. The molecule has 140 valence electrons. The maximum absolute atomic E-state index is 12.3. The standard InChI is InChI=1S/C20H26N2O3S/c1-22-16-8-7-10-18(22)15-14-17-9-5-6-13-20(17)21-25-26(23,24)19-11-3-2-4-12-19/h2-6,9,11-13,18,21H,7-8,10,14-16H2,1H3. The van der Waals surface area contributed by atoms with Gasteiger partial charge in [0.05, 0.1) is 10.6 Å². The zero-order valence-electron chi connectivity index (χ0n) is 15.1. The first kappa shape index (κ1) is 18.9. The van der Waals surface area contributed by atoms with E-state index in [9.17, 15) is 8.42 Å². The fourth-order valence-electron chi connectivity index (χ4n) is 3.40. The molecule has 0 spiro atoms. The quantitative estimate of drug-likeness (QED) is 0.746. The summed E-state index contributed by atoms with van der Waals surface area (Å²) in [6.07, 6.45) is 5.72. The van der Waals surface area contributed by atoms with E-state index >= 15 is 0 Å². The lowest BCUT2D eigenvalue weighted by Crippen LogP contribution is -2.36. The lowest BCUT2D eigenvalue weighted by molar-refractivity contribution is 0.176. The Bertz CT molecular complexity index is 809. The minimum absolute atomic E-state index is 0.133. The molecule has 3 rings (SSSR count). The minimum Gasteiger partial charge on any atom is -0.303 e. The maximum atomic E-state index is 12.3. The summed E-state index contributed by atoms with van der Waals surface area (Å²) in [5.41, 5.74) is 4.41. The molecule has 0 bridgehead atoms. The van der Waals surface area contributed by atoms with Gasteiger partial charge in [-0.1, -0.05) is 42.8 Å².